The summed E-state index contributed by atoms with van der Waals surface area (Å²) < 4.78 is 0. The van der Waals surface area contributed by atoms with Gasteiger partial charge in [-0.3, -0.25) is 4.90 Å². The van der Waals surface area contributed by atoms with E-state index in [4.69, 9.17) is 5.73 Å². The average molecular weight is 228 g/mol. The summed E-state index contributed by atoms with van der Waals surface area (Å²) in [6.45, 7) is 2.44. The van der Waals surface area contributed by atoms with Gasteiger partial charge in [-0.05, 0) is 51.3 Å². The van der Waals surface area contributed by atoms with Crippen molar-refractivity contribution in [2.75, 3.05) is 19.3 Å². The van der Waals surface area contributed by atoms with Crippen LogP contribution in [0.1, 0.15) is 38.5 Å². The van der Waals surface area contributed by atoms with Crippen LogP contribution in [0.4, 0.5) is 0 Å². The van der Waals surface area contributed by atoms with E-state index in [1.807, 2.05) is 0 Å². The number of hydrogen-bond acceptors (Lipinski definition) is 3. The minimum atomic E-state index is 0.442. The fourth-order valence-corrected chi connectivity index (χ4v) is 3.76. The zero-order valence-corrected chi connectivity index (χ0v) is 10.6. The molecule has 1 unspecified atom stereocenters. The van der Waals surface area contributed by atoms with Crippen LogP contribution < -0.4 is 5.73 Å². The number of thioether (sulfide) groups is 1. The molecule has 2 nitrogen and oxygen atoms in total. The third-order valence-electron chi connectivity index (χ3n) is 3.98. The van der Waals surface area contributed by atoms with Crippen molar-refractivity contribution >= 4 is 11.8 Å². The van der Waals surface area contributed by atoms with Gasteiger partial charge in [-0.1, -0.05) is 0 Å². The predicted molar refractivity (Wildman–Crippen MR) is 68.3 cm³/mol. The van der Waals surface area contributed by atoms with Crippen molar-refractivity contribution in [3.63, 3.8) is 0 Å². The SMILES string of the molecule is CSC1CCC(N2CCCC(N)C2)CC1. The summed E-state index contributed by atoms with van der Waals surface area (Å²) >= 11 is 2.05. The largest absolute Gasteiger partial charge is 0.327 e. The Morgan fingerprint density at radius 1 is 1.13 bits per heavy atom. The van der Waals surface area contributed by atoms with E-state index in [2.05, 4.69) is 22.9 Å². The number of likely N-dealkylation sites (tertiary alicyclic amines) is 1. The quantitative estimate of drug-likeness (QED) is 0.784. The zero-order chi connectivity index (χ0) is 10.7. The Kier molecular flexibility index (Phi) is 4.35. The molecule has 0 amide bonds. The third kappa shape index (κ3) is 3.11. The fourth-order valence-electron chi connectivity index (χ4n) is 3.02. The first-order valence-corrected chi connectivity index (χ1v) is 7.61. The summed E-state index contributed by atoms with van der Waals surface area (Å²) in [5.74, 6) is 0. The summed E-state index contributed by atoms with van der Waals surface area (Å²) in [5.41, 5.74) is 6.04. The van der Waals surface area contributed by atoms with Gasteiger partial charge in [0.15, 0.2) is 0 Å². The molecule has 1 saturated heterocycles. The second-order valence-corrected chi connectivity index (χ2v) is 6.20. The molecule has 0 spiro atoms. The van der Waals surface area contributed by atoms with E-state index in [1.165, 1.54) is 45.1 Å². The molecular formula is C12H24N2S. The smallest absolute Gasteiger partial charge is 0.0168 e. The lowest BCUT2D eigenvalue weighted by molar-refractivity contribution is 0.121. The molecule has 1 aliphatic heterocycles. The topological polar surface area (TPSA) is 29.3 Å². The monoisotopic (exact) mass is 228 g/mol. The van der Waals surface area contributed by atoms with Crippen LogP contribution in [0.2, 0.25) is 0 Å². The van der Waals surface area contributed by atoms with Crippen LogP contribution in [-0.2, 0) is 0 Å². The standard InChI is InChI=1S/C12H24N2S/c1-15-12-6-4-11(5-7-12)14-8-2-3-10(13)9-14/h10-12H,2-9,13H2,1H3. The van der Waals surface area contributed by atoms with Crippen molar-refractivity contribution < 1.29 is 0 Å². The van der Waals surface area contributed by atoms with Gasteiger partial charge in [-0.15, -0.1) is 0 Å². The van der Waals surface area contributed by atoms with Gasteiger partial charge >= 0.3 is 0 Å². The molecule has 0 aromatic heterocycles. The van der Waals surface area contributed by atoms with Gasteiger partial charge in [0.25, 0.3) is 0 Å². The second kappa shape index (κ2) is 5.55. The van der Waals surface area contributed by atoms with Gasteiger partial charge in [-0.2, -0.15) is 11.8 Å². The average Bonchev–Trinajstić information content (AvgIpc) is 2.29. The Bertz CT molecular complexity index is 190. The first kappa shape index (κ1) is 11.7. The Morgan fingerprint density at radius 2 is 1.87 bits per heavy atom. The van der Waals surface area contributed by atoms with Crippen LogP contribution in [0, 0.1) is 0 Å². The van der Waals surface area contributed by atoms with Crippen molar-refractivity contribution in [2.24, 2.45) is 5.73 Å². The van der Waals surface area contributed by atoms with Crippen molar-refractivity contribution in [3.8, 4) is 0 Å². The Balaban J connectivity index is 1.79. The van der Waals surface area contributed by atoms with Gasteiger partial charge in [0.05, 0.1) is 0 Å². The molecule has 0 bridgehead atoms. The Morgan fingerprint density at radius 3 is 2.47 bits per heavy atom. The number of hydrogen-bond donors (Lipinski definition) is 1. The van der Waals surface area contributed by atoms with Gasteiger partial charge < -0.3 is 5.73 Å². The molecule has 0 aromatic carbocycles. The highest BCUT2D eigenvalue weighted by atomic mass is 32.2. The van der Waals surface area contributed by atoms with E-state index in [1.54, 1.807) is 0 Å². The number of piperidine rings is 1. The van der Waals surface area contributed by atoms with Crippen LogP contribution in [0.3, 0.4) is 0 Å². The number of nitrogens with zero attached hydrogens (tertiary/aromatic N) is 1. The summed E-state index contributed by atoms with van der Waals surface area (Å²) in [4.78, 5) is 2.66. The Hall–Kier alpha value is 0.270. The molecule has 2 rings (SSSR count). The van der Waals surface area contributed by atoms with E-state index in [0.717, 1.165) is 17.8 Å². The maximum Gasteiger partial charge on any atom is 0.0168 e. The van der Waals surface area contributed by atoms with E-state index >= 15 is 0 Å². The third-order valence-corrected chi connectivity index (χ3v) is 5.12. The predicted octanol–water partition coefficient (Wildman–Crippen LogP) is 2.08. The lowest BCUT2D eigenvalue weighted by atomic mass is 9.92. The summed E-state index contributed by atoms with van der Waals surface area (Å²) in [6, 6.07) is 1.29. The minimum Gasteiger partial charge on any atom is -0.327 e. The van der Waals surface area contributed by atoms with Gasteiger partial charge in [0.2, 0.25) is 0 Å². The highest BCUT2D eigenvalue weighted by Gasteiger charge is 2.27. The molecule has 0 aromatic rings. The van der Waals surface area contributed by atoms with Crippen molar-refractivity contribution in [3.05, 3.63) is 0 Å². The molecule has 2 N–H and O–H groups in total. The lowest BCUT2D eigenvalue weighted by Crippen LogP contribution is -2.48. The van der Waals surface area contributed by atoms with Gasteiger partial charge in [0, 0.05) is 23.9 Å². The zero-order valence-electron chi connectivity index (χ0n) is 9.82. The first-order chi connectivity index (χ1) is 7.29. The Labute approximate surface area is 98.0 Å². The molecule has 2 aliphatic rings. The molecule has 1 atom stereocenters. The van der Waals surface area contributed by atoms with Crippen LogP contribution in [0.15, 0.2) is 0 Å². The molecule has 15 heavy (non-hydrogen) atoms. The minimum absolute atomic E-state index is 0.442. The molecule has 1 heterocycles. The van der Waals surface area contributed by atoms with E-state index in [9.17, 15) is 0 Å². The van der Waals surface area contributed by atoms with Crippen molar-refractivity contribution in [1.29, 1.82) is 0 Å². The summed E-state index contributed by atoms with van der Waals surface area (Å²) in [7, 11) is 0. The van der Waals surface area contributed by atoms with Crippen LogP contribution in [-0.4, -0.2) is 41.6 Å². The van der Waals surface area contributed by atoms with E-state index < -0.39 is 0 Å². The molecule has 1 aliphatic carbocycles. The second-order valence-electron chi connectivity index (χ2n) is 5.06. The lowest BCUT2D eigenvalue weighted by Gasteiger charge is -2.40. The maximum absolute atomic E-state index is 6.04. The molecular weight excluding hydrogens is 204 g/mol. The van der Waals surface area contributed by atoms with E-state index in [-0.39, 0.29) is 0 Å². The highest BCUT2D eigenvalue weighted by Crippen LogP contribution is 2.30. The summed E-state index contributed by atoms with van der Waals surface area (Å²) in [5, 5.41) is 0.930. The van der Waals surface area contributed by atoms with E-state index in [0.29, 0.717) is 6.04 Å². The molecule has 1 saturated carbocycles. The molecule has 88 valence electrons. The van der Waals surface area contributed by atoms with Crippen LogP contribution in [0.25, 0.3) is 0 Å². The first-order valence-electron chi connectivity index (χ1n) is 6.32. The molecule has 0 radical (unpaired) electrons. The van der Waals surface area contributed by atoms with Crippen LogP contribution in [0.5, 0.6) is 0 Å². The van der Waals surface area contributed by atoms with Gasteiger partial charge in [0.1, 0.15) is 0 Å². The van der Waals surface area contributed by atoms with Crippen molar-refractivity contribution in [1.82, 2.24) is 4.90 Å². The van der Waals surface area contributed by atoms with Crippen molar-refractivity contribution in [2.45, 2.75) is 55.9 Å². The molecule has 3 heteroatoms. The highest BCUT2D eigenvalue weighted by molar-refractivity contribution is 7.99. The number of nitrogens with two attached hydrogens (primary N) is 1. The normalized spacial score (nSPS) is 39.2. The van der Waals surface area contributed by atoms with Gasteiger partial charge in [-0.25, -0.2) is 0 Å². The maximum atomic E-state index is 6.04. The van der Waals surface area contributed by atoms with Crippen LogP contribution >= 0.6 is 11.8 Å². The molecule has 2 fully saturated rings. The summed E-state index contributed by atoms with van der Waals surface area (Å²) in [6.07, 6.45) is 10.4. The number of rotatable bonds is 2. The fraction of sp³-hybridized carbons (Fsp3) is 1.00.